The molecule has 12 nitrogen and oxygen atoms in total. The molecule has 1 saturated heterocycles. The highest BCUT2D eigenvalue weighted by Crippen LogP contribution is 2.29. The molecule has 0 saturated carbocycles. The third kappa shape index (κ3) is 6.01. The molecule has 1 fully saturated rings. The molecular weight excluding hydrogens is 542 g/mol. The predicted octanol–water partition coefficient (Wildman–Crippen LogP) is 5.07. The number of hydrogen-bond acceptors (Lipinski definition) is 10. The predicted molar refractivity (Wildman–Crippen MR) is 160 cm³/mol. The number of morpholine rings is 1. The Morgan fingerprint density at radius 3 is 2.76 bits per heavy atom. The molecule has 41 heavy (non-hydrogen) atoms. The van der Waals surface area contributed by atoms with Crippen LogP contribution in [0, 0.1) is 0 Å². The van der Waals surface area contributed by atoms with E-state index in [0.29, 0.717) is 29.3 Å². The van der Waals surface area contributed by atoms with Gasteiger partial charge in [-0.2, -0.15) is 0 Å². The number of amides is 2. The second-order valence-corrected chi connectivity index (χ2v) is 12.1. The normalized spacial score (nSPS) is 16.3. The van der Waals surface area contributed by atoms with Crippen LogP contribution < -0.4 is 16.0 Å². The summed E-state index contributed by atoms with van der Waals surface area (Å²) < 4.78 is 12.8. The number of fused-ring (bicyclic) bond motifs is 3. The fourth-order valence-electron chi connectivity index (χ4n) is 4.61. The van der Waals surface area contributed by atoms with Crippen LogP contribution in [0.5, 0.6) is 0 Å². The Morgan fingerprint density at radius 2 is 2.00 bits per heavy atom. The lowest BCUT2D eigenvalue weighted by Crippen LogP contribution is -2.45. The lowest BCUT2D eigenvalue weighted by molar-refractivity contribution is 0.00180. The maximum atomic E-state index is 12.4. The topological polar surface area (TPSA) is 135 Å². The molecule has 5 heterocycles. The van der Waals surface area contributed by atoms with Crippen molar-refractivity contribution < 1.29 is 14.1 Å². The van der Waals surface area contributed by atoms with Crippen LogP contribution >= 0.6 is 11.3 Å². The van der Waals surface area contributed by atoms with Gasteiger partial charge in [0, 0.05) is 54.6 Å². The Hall–Kier alpha value is -4.07. The lowest BCUT2D eigenvalue weighted by Gasteiger charge is -2.33. The van der Waals surface area contributed by atoms with E-state index in [-0.39, 0.29) is 5.41 Å². The average Bonchev–Trinajstić information content (AvgIpc) is 3.65. The Morgan fingerprint density at radius 1 is 1.17 bits per heavy atom. The van der Waals surface area contributed by atoms with Crippen LogP contribution in [0.15, 0.2) is 47.2 Å². The summed E-state index contributed by atoms with van der Waals surface area (Å²) in [5, 5.41) is 12.8. The molecule has 2 amide bonds. The summed E-state index contributed by atoms with van der Waals surface area (Å²) in [6, 6.07) is 9.27. The molecule has 0 aliphatic carbocycles. The van der Waals surface area contributed by atoms with Crippen molar-refractivity contribution in [2.75, 3.05) is 48.8 Å². The molecule has 1 atom stereocenters. The molecule has 0 bridgehead atoms. The molecule has 1 aliphatic heterocycles. The second kappa shape index (κ2) is 11.1. The van der Waals surface area contributed by atoms with Crippen molar-refractivity contribution in [2.24, 2.45) is 0 Å². The summed E-state index contributed by atoms with van der Waals surface area (Å²) in [5.41, 5.74) is 3.13. The molecule has 0 radical (unpaired) electrons. The molecule has 5 aromatic rings. The maximum Gasteiger partial charge on any atom is 0.324 e. The largest absolute Gasteiger partial charge is 0.379 e. The highest BCUT2D eigenvalue weighted by atomic mass is 32.1. The van der Waals surface area contributed by atoms with E-state index in [2.05, 4.69) is 37.9 Å². The van der Waals surface area contributed by atoms with Crippen LogP contribution in [0.25, 0.3) is 26.6 Å². The zero-order chi connectivity index (χ0) is 28.6. The monoisotopic (exact) mass is 575 g/mol. The number of imidazole rings is 1. The zero-order valence-electron chi connectivity index (χ0n) is 23.5. The first-order valence-corrected chi connectivity index (χ1v) is 14.4. The summed E-state index contributed by atoms with van der Waals surface area (Å²) in [4.78, 5) is 30.6. The standard InChI is InChI=1S/C28H33N9O3S/c1-17-16-39-12-11-36(17)10-9-29-25-30-14-21-24(34-25)41-27-32-20(15-37(21)27)18-5-7-19(8-6-18)31-26(38)33-23-13-22(40-35-23)28(2,3)4/h5-8,13-15,17H,9-12,16H2,1-4H3,(H,29,30,34)(H2,31,33,35,38)/t17-/m1/s1. The van der Waals surface area contributed by atoms with Crippen molar-refractivity contribution in [2.45, 2.75) is 39.2 Å². The summed E-state index contributed by atoms with van der Waals surface area (Å²) in [7, 11) is 0. The fourth-order valence-corrected chi connectivity index (χ4v) is 5.57. The highest BCUT2D eigenvalue weighted by Gasteiger charge is 2.21. The Kier molecular flexibility index (Phi) is 7.32. The minimum Gasteiger partial charge on any atom is -0.379 e. The zero-order valence-corrected chi connectivity index (χ0v) is 24.3. The number of benzene rings is 1. The lowest BCUT2D eigenvalue weighted by atomic mass is 9.93. The third-order valence-electron chi connectivity index (χ3n) is 6.97. The number of carbonyl (C=O) groups excluding carboxylic acids is 1. The van der Waals surface area contributed by atoms with Crippen LogP contribution in [-0.2, 0) is 10.2 Å². The van der Waals surface area contributed by atoms with E-state index in [1.807, 2.05) is 61.8 Å². The van der Waals surface area contributed by atoms with Gasteiger partial charge in [-0.1, -0.05) is 49.4 Å². The van der Waals surface area contributed by atoms with E-state index in [9.17, 15) is 4.79 Å². The number of carbonyl (C=O) groups is 1. The number of aromatic nitrogens is 5. The number of urea groups is 1. The Balaban J connectivity index is 1.08. The first-order valence-electron chi connectivity index (χ1n) is 13.6. The molecule has 214 valence electrons. The van der Waals surface area contributed by atoms with Gasteiger partial charge < -0.3 is 19.9 Å². The molecule has 6 rings (SSSR count). The van der Waals surface area contributed by atoms with Gasteiger partial charge in [0.2, 0.25) is 5.95 Å². The van der Waals surface area contributed by atoms with Gasteiger partial charge in [0.05, 0.1) is 25.1 Å². The van der Waals surface area contributed by atoms with E-state index in [4.69, 9.17) is 19.2 Å². The van der Waals surface area contributed by atoms with Crippen molar-refractivity contribution in [1.82, 2.24) is 29.4 Å². The van der Waals surface area contributed by atoms with E-state index >= 15 is 0 Å². The minimum absolute atomic E-state index is 0.192. The number of hydrogen-bond donors (Lipinski definition) is 3. The first kappa shape index (κ1) is 27.1. The summed E-state index contributed by atoms with van der Waals surface area (Å²) in [6.07, 6.45) is 3.82. The van der Waals surface area contributed by atoms with E-state index < -0.39 is 6.03 Å². The van der Waals surface area contributed by atoms with Crippen LogP contribution in [0.3, 0.4) is 0 Å². The molecule has 0 unspecified atom stereocenters. The molecular formula is C28H33N9O3S. The molecule has 3 N–H and O–H groups in total. The first-order chi connectivity index (χ1) is 19.7. The molecule has 4 aromatic heterocycles. The quantitative estimate of drug-likeness (QED) is 0.243. The number of nitrogens with zero attached hydrogens (tertiary/aromatic N) is 6. The van der Waals surface area contributed by atoms with Crippen molar-refractivity contribution in [3.63, 3.8) is 0 Å². The number of rotatable bonds is 7. The molecule has 1 aliphatic rings. The molecule has 0 spiro atoms. The smallest absolute Gasteiger partial charge is 0.324 e. The van der Waals surface area contributed by atoms with Gasteiger partial charge in [0.15, 0.2) is 10.8 Å². The van der Waals surface area contributed by atoms with Crippen molar-refractivity contribution in [3.05, 3.63) is 48.5 Å². The van der Waals surface area contributed by atoms with Gasteiger partial charge in [-0.15, -0.1) is 0 Å². The minimum atomic E-state index is -0.398. The maximum absolute atomic E-state index is 12.4. The number of anilines is 3. The Labute approximate surface area is 241 Å². The average molecular weight is 576 g/mol. The fraction of sp³-hybridized carbons (Fsp3) is 0.393. The summed E-state index contributed by atoms with van der Waals surface area (Å²) in [5.74, 6) is 1.68. The highest BCUT2D eigenvalue weighted by molar-refractivity contribution is 7.23. The van der Waals surface area contributed by atoms with E-state index in [1.165, 1.54) is 11.3 Å². The van der Waals surface area contributed by atoms with Gasteiger partial charge in [-0.25, -0.2) is 19.7 Å². The van der Waals surface area contributed by atoms with Crippen LogP contribution in [0.4, 0.5) is 22.2 Å². The Bertz CT molecular complexity index is 1670. The van der Waals surface area contributed by atoms with Crippen LogP contribution in [0.2, 0.25) is 0 Å². The van der Waals surface area contributed by atoms with Crippen molar-refractivity contribution >= 4 is 50.1 Å². The number of thiazole rings is 1. The third-order valence-corrected chi connectivity index (χ3v) is 7.94. The van der Waals surface area contributed by atoms with E-state index in [0.717, 1.165) is 59.4 Å². The van der Waals surface area contributed by atoms with Gasteiger partial charge in [0.1, 0.15) is 16.1 Å². The van der Waals surface area contributed by atoms with Crippen molar-refractivity contribution in [1.29, 1.82) is 0 Å². The second-order valence-electron chi connectivity index (χ2n) is 11.1. The molecule has 13 heteroatoms. The summed E-state index contributed by atoms with van der Waals surface area (Å²) in [6.45, 7) is 12.4. The van der Waals surface area contributed by atoms with Crippen LogP contribution in [0.1, 0.15) is 33.5 Å². The number of ether oxygens (including phenoxy) is 1. The van der Waals surface area contributed by atoms with Gasteiger partial charge in [-0.3, -0.25) is 14.6 Å². The van der Waals surface area contributed by atoms with Gasteiger partial charge in [-0.05, 0) is 19.1 Å². The van der Waals surface area contributed by atoms with Crippen molar-refractivity contribution in [3.8, 4) is 11.3 Å². The number of nitrogens with one attached hydrogen (secondary N) is 3. The molecule has 1 aromatic carbocycles. The SMILES string of the molecule is C[C@@H]1COCCN1CCNc1ncc2c(n1)sc1nc(-c3ccc(NC(=O)Nc4cc(C(C)(C)C)on4)cc3)cn12. The van der Waals surface area contributed by atoms with Gasteiger partial charge >= 0.3 is 6.03 Å². The van der Waals surface area contributed by atoms with E-state index in [1.54, 1.807) is 6.07 Å². The van der Waals surface area contributed by atoms with Crippen LogP contribution in [-0.4, -0.2) is 74.3 Å². The van der Waals surface area contributed by atoms with Gasteiger partial charge in [0.25, 0.3) is 0 Å². The summed E-state index contributed by atoms with van der Waals surface area (Å²) >= 11 is 1.52.